The van der Waals surface area contributed by atoms with E-state index in [1.165, 1.54) is 5.56 Å². The molecule has 2 N–H and O–H groups in total. The van der Waals surface area contributed by atoms with E-state index in [1.54, 1.807) is 23.1 Å². The lowest BCUT2D eigenvalue weighted by Crippen LogP contribution is -2.29. The monoisotopic (exact) mass is 355 g/mol. The van der Waals surface area contributed by atoms with Crippen molar-refractivity contribution in [3.05, 3.63) is 76.8 Å². The van der Waals surface area contributed by atoms with Gasteiger partial charge in [-0.3, -0.25) is 15.6 Å². The molecule has 1 heterocycles. The molecule has 0 saturated carbocycles. The fraction of sp³-hybridized carbons (Fsp3) is 0.111. The molecule has 0 aliphatic carbocycles. The van der Waals surface area contributed by atoms with Gasteiger partial charge in [0.2, 0.25) is 0 Å². The highest BCUT2D eigenvalue weighted by atomic mass is 32.2. The summed E-state index contributed by atoms with van der Waals surface area (Å²) in [5.41, 5.74) is 9.28. The fourth-order valence-electron chi connectivity index (χ4n) is 2.02. The van der Waals surface area contributed by atoms with E-state index in [9.17, 15) is 4.79 Å². The molecule has 3 rings (SSSR count). The Hall–Kier alpha value is -2.31. The molecule has 0 aliphatic heterocycles. The lowest BCUT2D eigenvalue weighted by atomic mass is 10.1. The molecule has 3 aromatic rings. The lowest BCUT2D eigenvalue weighted by molar-refractivity contribution is 0.0962. The average molecular weight is 355 g/mol. The maximum atomic E-state index is 12.1. The molecule has 0 radical (unpaired) electrons. The number of nitrogens with zero attached hydrogens (tertiary/aromatic N) is 1. The van der Waals surface area contributed by atoms with Gasteiger partial charge in [0.25, 0.3) is 5.91 Å². The molecule has 0 aliphatic rings. The summed E-state index contributed by atoms with van der Waals surface area (Å²) in [5, 5.41) is 2.05. The third-order valence-corrected chi connectivity index (χ3v) is 5.48. The van der Waals surface area contributed by atoms with E-state index in [1.807, 2.05) is 61.5 Å². The summed E-state index contributed by atoms with van der Waals surface area (Å²) in [7, 11) is 0. The minimum Gasteiger partial charge on any atom is -0.298 e. The lowest BCUT2D eigenvalue weighted by Gasteiger charge is -2.08. The maximum absolute atomic E-state index is 12.1. The molecule has 0 unspecified atom stereocenters. The van der Waals surface area contributed by atoms with Gasteiger partial charge in [0.15, 0.2) is 0 Å². The van der Waals surface area contributed by atoms with Gasteiger partial charge in [0, 0.05) is 22.4 Å². The Kier molecular flexibility index (Phi) is 5.51. The van der Waals surface area contributed by atoms with Crippen molar-refractivity contribution in [2.45, 2.75) is 17.0 Å². The highest BCUT2D eigenvalue weighted by molar-refractivity contribution is 8.00. The molecule has 0 saturated heterocycles. The second-order valence-electron chi connectivity index (χ2n) is 5.19. The van der Waals surface area contributed by atoms with Crippen LogP contribution < -0.4 is 10.9 Å². The minimum atomic E-state index is -0.159. The van der Waals surface area contributed by atoms with E-state index in [2.05, 4.69) is 21.2 Å². The highest BCUT2D eigenvalue weighted by Crippen LogP contribution is 2.26. The number of hydrazine groups is 1. The van der Waals surface area contributed by atoms with Gasteiger partial charge < -0.3 is 0 Å². The number of hydrogen-bond acceptors (Lipinski definition) is 5. The zero-order valence-electron chi connectivity index (χ0n) is 13.2. The molecule has 0 fully saturated rings. The van der Waals surface area contributed by atoms with Crippen LogP contribution in [0.2, 0.25) is 0 Å². The Morgan fingerprint density at radius 1 is 1.12 bits per heavy atom. The van der Waals surface area contributed by atoms with E-state index in [-0.39, 0.29) is 5.91 Å². The smallest absolute Gasteiger partial charge is 0.269 e. The first kappa shape index (κ1) is 16.5. The minimum absolute atomic E-state index is 0.159. The number of hydrogen-bond donors (Lipinski definition) is 2. The number of rotatable bonds is 6. The van der Waals surface area contributed by atoms with Gasteiger partial charge in [-0.2, -0.15) is 0 Å². The van der Waals surface area contributed by atoms with Crippen LogP contribution in [0.3, 0.4) is 0 Å². The second kappa shape index (κ2) is 7.99. The van der Waals surface area contributed by atoms with Crippen molar-refractivity contribution in [2.75, 3.05) is 5.43 Å². The van der Waals surface area contributed by atoms with Crippen LogP contribution in [0.1, 0.15) is 21.6 Å². The molecular weight excluding hydrogens is 338 g/mol. The third kappa shape index (κ3) is 4.59. The Balaban J connectivity index is 1.52. The Morgan fingerprint density at radius 3 is 2.54 bits per heavy atom. The summed E-state index contributed by atoms with van der Waals surface area (Å²) in [5.74, 6) is 0.686. The molecule has 1 amide bonds. The molecule has 24 heavy (non-hydrogen) atoms. The van der Waals surface area contributed by atoms with Gasteiger partial charge in [-0.1, -0.05) is 42.1 Å². The quantitative estimate of drug-likeness (QED) is 0.505. The molecule has 2 aromatic carbocycles. The number of aromatic nitrogens is 1. The molecule has 122 valence electrons. The predicted molar refractivity (Wildman–Crippen MR) is 100 cm³/mol. The van der Waals surface area contributed by atoms with Crippen molar-refractivity contribution in [3.8, 4) is 0 Å². The first-order valence-corrected chi connectivity index (χ1v) is 9.32. The number of amides is 1. The molecule has 0 spiro atoms. The highest BCUT2D eigenvalue weighted by Gasteiger charge is 2.06. The molecule has 6 heteroatoms. The Labute approximate surface area is 149 Å². The zero-order chi connectivity index (χ0) is 16.8. The van der Waals surface area contributed by atoms with Crippen molar-refractivity contribution in [2.24, 2.45) is 0 Å². The van der Waals surface area contributed by atoms with Crippen LogP contribution in [0.4, 0.5) is 5.69 Å². The van der Waals surface area contributed by atoms with Gasteiger partial charge >= 0.3 is 0 Å². The summed E-state index contributed by atoms with van der Waals surface area (Å²) in [6.07, 6.45) is 0. The van der Waals surface area contributed by atoms with Crippen LogP contribution in [0, 0.1) is 6.92 Å². The Bertz CT molecular complexity index is 801. The average Bonchev–Trinajstić information content (AvgIpc) is 3.04. The summed E-state index contributed by atoms with van der Waals surface area (Å²) in [4.78, 5) is 16.6. The second-order valence-corrected chi connectivity index (χ2v) is 7.27. The topological polar surface area (TPSA) is 54.0 Å². The number of carbonyl (C=O) groups is 1. The summed E-state index contributed by atoms with van der Waals surface area (Å²) in [6, 6.07) is 17.2. The normalized spacial score (nSPS) is 10.4. The first-order chi connectivity index (χ1) is 11.7. The van der Waals surface area contributed by atoms with Crippen molar-refractivity contribution in [1.29, 1.82) is 0 Å². The van der Waals surface area contributed by atoms with Crippen LogP contribution in [-0.2, 0) is 5.75 Å². The fourth-order valence-corrected chi connectivity index (χ4v) is 3.82. The Morgan fingerprint density at radius 2 is 1.88 bits per heavy atom. The number of para-hydroxylation sites is 1. The number of nitrogens with one attached hydrogen (secondary N) is 2. The third-order valence-electron chi connectivity index (χ3n) is 3.27. The van der Waals surface area contributed by atoms with E-state index < -0.39 is 0 Å². The van der Waals surface area contributed by atoms with E-state index >= 15 is 0 Å². The molecule has 0 atom stereocenters. The number of thioether (sulfide) groups is 1. The van der Waals surface area contributed by atoms with Crippen LogP contribution in [-0.4, -0.2) is 10.9 Å². The number of benzene rings is 2. The van der Waals surface area contributed by atoms with Gasteiger partial charge in [-0.05, 0) is 36.8 Å². The number of anilines is 1. The molecular formula is C18H17N3OS2. The predicted octanol–water partition coefficient (Wildman–Crippen LogP) is 4.50. The van der Waals surface area contributed by atoms with E-state index in [4.69, 9.17) is 0 Å². The van der Waals surface area contributed by atoms with Crippen molar-refractivity contribution < 1.29 is 4.79 Å². The van der Waals surface area contributed by atoms with Gasteiger partial charge in [-0.25, -0.2) is 4.98 Å². The van der Waals surface area contributed by atoms with Crippen LogP contribution in [0.25, 0.3) is 0 Å². The maximum Gasteiger partial charge on any atom is 0.269 e. The zero-order valence-corrected chi connectivity index (χ0v) is 14.8. The molecule has 1 aromatic heterocycles. The van der Waals surface area contributed by atoms with Crippen molar-refractivity contribution in [3.63, 3.8) is 0 Å². The van der Waals surface area contributed by atoms with Crippen LogP contribution in [0.15, 0.2) is 64.3 Å². The van der Waals surface area contributed by atoms with Gasteiger partial charge in [0.1, 0.15) is 4.34 Å². The van der Waals surface area contributed by atoms with Crippen LogP contribution in [0.5, 0.6) is 0 Å². The van der Waals surface area contributed by atoms with Gasteiger partial charge in [0.05, 0.1) is 5.69 Å². The van der Waals surface area contributed by atoms with Crippen molar-refractivity contribution in [1.82, 2.24) is 10.4 Å². The first-order valence-electron chi connectivity index (χ1n) is 7.46. The number of aryl methyl sites for hydroxylation is 1. The molecule has 0 bridgehead atoms. The van der Waals surface area contributed by atoms with E-state index in [0.29, 0.717) is 5.56 Å². The SMILES string of the molecule is Cc1csc(SCc2ccc(C(=O)NNc3ccccc3)cc2)n1. The standard InChI is InChI=1S/C18H17N3OS2/c1-13-11-23-18(19-13)24-12-14-7-9-15(10-8-14)17(22)21-20-16-5-3-2-4-6-16/h2-11,20H,12H2,1H3,(H,21,22). The summed E-state index contributed by atoms with van der Waals surface area (Å²) in [6.45, 7) is 2.00. The number of thiazole rings is 1. The largest absolute Gasteiger partial charge is 0.298 e. The summed E-state index contributed by atoms with van der Waals surface area (Å²) >= 11 is 3.37. The number of carbonyl (C=O) groups excluding carboxylic acids is 1. The van der Waals surface area contributed by atoms with E-state index in [0.717, 1.165) is 21.5 Å². The van der Waals surface area contributed by atoms with Gasteiger partial charge in [-0.15, -0.1) is 11.3 Å². The van der Waals surface area contributed by atoms with Crippen molar-refractivity contribution >= 4 is 34.7 Å². The molecule has 4 nitrogen and oxygen atoms in total. The summed E-state index contributed by atoms with van der Waals surface area (Å²) < 4.78 is 1.07. The van der Waals surface area contributed by atoms with Crippen LogP contribution >= 0.6 is 23.1 Å².